The van der Waals surface area contributed by atoms with E-state index in [1.807, 2.05) is 41.8 Å². The summed E-state index contributed by atoms with van der Waals surface area (Å²) in [6, 6.07) is 9.68. The van der Waals surface area contributed by atoms with Gasteiger partial charge in [0.2, 0.25) is 5.91 Å². The van der Waals surface area contributed by atoms with E-state index >= 15 is 0 Å². The molecule has 0 saturated carbocycles. The fourth-order valence-electron chi connectivity index (χ4n) is 3.09. The van der Waals surface area contributed by atoms with Crippen LogP contribution in [0.5, 0.6) is 0 Å². The molecule has 2 amide bonds. The number of nitrogens with two attached hydrogens (primary N) is 1. The lowest BCUT2D eigenvalue weighted by atomic mass is 10.2. The summed E-state index contributed by atoms with van der Waals surface area (Å²) in [6.45, 7) is 4.08. The van der Waals surface area contributed by atoms with Crippen molar-refractivity contribution >= 4 is 11.8 Å². The van der Waals surface area contributed by atoms with E-state index in [1.54, 1.807) is 4.90 Å². The molecule has 2 aromatic rings. The van der Waals surface area contributed by atoms with E-state index in [0.717, 1.165) is 11.3 Å². The molecule has 132 valence electrons. The fourth-order valence-corrected chi connectivity index (χ4v) is 3.09. The number of nitrogens with zero attached hydrogens (tertiary/aromatic N) is 3. The number of rotatable bonds is 5. The van der Waals surface area contributed by atoms with Crippen LogP contribution in [0.25, 0.3) is 11.4 Å². The zero-order chi connectivity index (χ0) is 17.8. The van der Waals surface area contributed by atoms with Gasteiger partial charge in [0.1, 0.15) is 18.1 Å². The highest BCUT2D eigenvalue weighted by Crippen LogP contribution is 2.24. The highest BCUT2D eigenvalue weighted by Gasteiger charge is 2.26. The van der Waals surface area contributed by atoms with Gasteiger partial charge in [-0.15, -0.1) is 0 Å². The predicted octanol–water partition coefficient (Wildman–Crippen LogP) is 1.07. The summed E-state index contributed by atoms with van der Waals surface area (Å²) >= 11 is 0. The lowest BCUT2D eigenvalue weighted by Crippen LogP contribution is -2.36. The van der Waals surface area contributed by atoms with Crippen molar-refractivity contribution in [2.45, 2.75) is 19.9 Å². The minimum absolute atomic E-state index is 0.0394. The van der Waals surface area contributed by atoms with Crippen molar-refractivity contribution in [3.05, 3.63) is 41.7 Å². The highest BCUT2D eigenvalue weighted by atomic mass is 16.5. The van der Waals surface area contributed by atoms with Crippen LogP contribution in [0, 0.1) is 0 Å². The molecule has 0 bridgehead atoms. The molecule has 1 aromatic carbocycles. The molecule has 7 heteroatoms. The van der Waals surface area contributed by atoms with Crippen molar-refractivity contribution in [2.75, 3.05) is 26.3 Å². The van der Waals surface area contributed by atoms with Crippen LogP contribution in [0.2, 0.25) is 0 Å². The number of carbonyl (C=O) groups excluding carboxylic acids is 2. The predicted molar refractivity (Wildman–Crippen MR) is 93.0 cm³/mol. The maximum Gasteiger partial charge on any atom is 0.269 e. The SMILES string of the molecule is CCOCC(=O)N1CCc2c(C(N)=O)nc(-c3ccccc3)n2CC1. The van der Waals surface area contributed by atoms with Crippen molar-refractivity contribution in [1.29, 1.82) is 0 Å². The maximum atomic E-state index is 12.2. The molecule has 0 spiro atoms. The minimum Gasteiger partial charge on any atom is -0.372 e. The average molecular weight is 342 g/mol. The Morgan fingerprint density at radius 1 is 1.20 bits per heavy atom. The zero-order valence-corrected chi connectivity index (χ0v) is 14.3. The first kappa shape index (κ1) is 17.2. The van der Waals surface area contributed by atoms with Crippen molar-refractivity contribution in [3.63, 3.8) is 0 Å². The average Bonchev–Trinajstić information content (AvgIpc) is 2.85. The monoisotopic (exact) mass is 342 g/mol. The smallest absolute Gasteiger partial charge is 0.269 e. The van der Waals surface area contributed by atoms with E-state index in [9.17, 15) is 9.59 Å². The number of hydrogen-bond donors (Lipinski definition) is 1. The van der Waals surface area contributed by atoms with Gasteiger partial charge in [-0.3, -0.25) is 9.59 Å². The second kappa shape index (κ2) is 7.48. The Morgan fingerprint density at radius 3 is 2.64 bits per heavy atom. The van der Waals surface area contributed by atoms with E-state index in [1.165, 1.54) is 0 Å². The Hall–Kier alpha value is -2.67. The third kappa shape index (κ3) is 3.56. The van der Waals surface area contributed by atoms with Crippen LogP contribution in [0.3, 0.4) is 0 Å². The Bertz CT molecular complexity index is 770. The maximum absolute atomic E-state index is 12.2. The molecular weight excluding hydrogens is 320 g/mol. The first-order valence-electron chi connectivity index (χ1n) is 8.42. The van der Waals surface area contributed by atoms with Crippen LogP contribution in [0.15, 0.2) is 30.3 Å². The molecule has 1 aliphatic rings. The highest BCUT2D eigenvalue weighted by molar-refractivity contribution is 5.93. The molecular formula is C18H22N4O3. The van der Waals surface area contributed by atoms with Gasteiger partial charge in [0.15, 0.2) is 0 Å². The number of amides is 2. The van der Waals surface area contributed by atoms with Crippen LogP contribution in [0.1, 0.15) is 23.1 Å². The molecule has 25 heavy (non-hydrogen) atoms. The van der Waals surface area contributed by atoms with E-state index < -0.39 is 5.91 Å². The van der Waals surface area contributed by atoms with Gasteiger partial charge < -0.3 is 19.9 Å². The van der Waals surface area contributed by atoms with Gasteiger partial charge in [-0.25, -0.2) is 4.98 Å². The molecule has 0 radical (unpaired) electrons. The summed E-state index contributed by atoms with van der Waals surface area (Å²) in [5.74, 6) is 0.131. The summed E-state index contributed by atoms with van der Waals surface area (Å²) in [7, 11) is 0. The van der Waals surface area contributed by atoms with Crippen LogP contribution in [-0.4, -0.2) is 52.6 Å². The molecule has 0 aliphatic carbocycles. The second-order valence-corrected chi connectivity index (χ2v) is 5.88. The Kier molecular flexibility index (Phi) is 5.14. The van der Waals surface area contributed by atoms with Gasteiger partial charge in [0.25, 0.3) is 5.91 Å². The number of imidazole rings is 1. The fraction of sp³-hybridized carbons (Fsp3) is 0.389. The van der Waals surface area contributed by atoms with Crippen LogP contribution >= 0.6 is 0 Å². The van der Waals surface area contributed by atoms with Gasteiger partial charge in [-0.05, 0) is 6.92 Å². The molecule has 0 atom stereocenters. The minimum atomic E-state index is -0.542. The van der Waals surface area contributed by atoms with Gasteiger partial charge in [0.05, 0.1) is 5.69 Å². The number of aromatic nitrogens is 2. The summed E-state index contributed by atoms with van der Waals surface area (Å²) in [5, 5.41) is 0. The van der Waals surface area contributed by atoms with Gasteiger partial charge >= 0.3 is 0 Å². The van der Waals surface area contributed by atoms with E-state index in [-0.39, 0.29) is 18.2 Å². The molecule has 0 unspecified atom stereocenters. The third-order valence-corrected chi connectivity index (χ3v) is 4.33. The third-order valence-electron chi connectivity index (χ3n) is 4.33. The number of benzene rings is 1. The lowest BCUT2D eigenvalue weighted by molar-refractivity contribution is -0.135. The van der Waals surface area contributed by atoms with Gasteiger partial charge in [-0.2, -0.15) is 0 Å². The summed E-state index contributed by atoms with van der Waals surface area (Å²) in [4.78, 5) is 30.3. The van der Waals surface area contributed by atoms with E-state index in [0.29, 0.717) is 38.5 Å². The first-order chi connectivity index (χ1) is 12.1. The van der Waals surface area contributed by atoms with Crippen molar-refractivity contribution in [2.24, 2.45) is 5.73 Å². The van der Waals surface area contributed by atoms with Gasteiger partial charge in [0, 0.05) is 38.2 Å². The number of primary amides is 1. The van der Waals surface area contributed by atoms with E-state index in [4.69, 9.17) is 10.5 Å². The lowest BCUT2D eigenvalue weighted by Gasteiger charge is -2.20. The molecule has 1 aliphatic heterocycles. The molecule has 3 rings (SSSR count). The molecule has 0 fully saturated rings. The Labute approximate surface area is 146 Å². The molecule has 7 nitrogen and oxygen atoms in total. The van der Waals surface area contributed by atoms with Crippen LogP contribution in [0.4, 0.5) is 0 Å². The summed E-state index contributed by atoms with van der Waals surface area (Å²) < 4.78 is 7.22. The zero-order valence-electron chi connectivity index (χ0n) is 14.3. The Morgan fingerprint density at radius 2 is 1.96 bits per heavy atom. The van der Waals surface area contributed by atoms with Crippen molar-refractivity contribution in [3.8, 4) is 11.4 Å². The standard InChI is InChI=1S/C18H22N4O3/c1-2-25-12-15(23)21-9-8-14-16(17(19)24)20-18(22(14)11-10-21)13-6-4-3-5-7-13/h3-7H,2,8-12H2,1H3,(H2,19,24). The first-order valence-corrected chi connectivity index (χ1v) is 8.42. The van der Waals surface area contributed by atoms with E-state index in [2.05, 4.69) is 4.98 Å². The quantitative estimate of drug-likeness (QED) is 0.880. The topological polar surface area (TPSA) is 90.4 Å². The number of ether oxygens (including phenoxy) is 1. The second-order valence-electron chi connectivity index (χ2n) is 5.88. The number of hydrogen-bond acceptors (Lipinski definition) is 4. The number of fused-ring (bicyclic) bond motifs is 1. The van der Waals surface area contributed by atoms with Crippen molar-refractivity contribution < 1.29 is 14.3 Å². The van der Waals surface area contributed by atoms with Crippen LogP contribution in [-0.2, 0) is 22.5 Å². The molecule has 0 saturated heterocycles. The van der Waals surface area contributed by atoms with Crippen LogP contribution < -0.4 is 5.73 Å². The normalized spacial score (nSPS) is 14.0. The number of carbonyl (C=O) groups is 2. The molecule has 2 heterocycles. The van der Waals surface area contributed by atoms with Crippen molar-refractivity contribution in [1.82, 2.24) is 14.5 Å². The summed E-state index contributed by atoms with van der Waals surface area (Å²) in [6.07, 6.45) is 0.538. The molecule has 1 aromatic heterocycles. The van der Waals surface area contributed by atoms with Gasteiger partial charge in [-0.1, -0.05) is 30.3 Å². The Balaban J connectivity index is 1.91. The summed E-state index contributed by atoms with van der Waals surface area (Å²) in [5.41, 5.74) is 7.53. The molecule has 2 N–H and O–H groups in total. The largest absolute Gasteiger partial charge is 0.372 e.